The highest BCUT2D eigenvalue weighted by Crippen LogP contribution is 2.26. The number of hydrogen-bond donors (Lipinski definition) is 1. The van der Waals surface area contributed by atoms with Crippen LogP contribution in [0.4, 0.5) is 0 Å². The van der Waals surface area contributed by atoms with Crippen LogP contribution in [0, 0.1) is 0 Å². The molecule has 3 nitrogen and oxygen atoms in total. The summed E-state index contributed by atoms with van der Waals surface area (Å²) in [5.41, 5.74) is 4.11. The van der Waals surface area contributed by atoms with E-state index in [9.17, 15) is 4.79 Å². The molecule has 132 valence electrons. The van der Waals surface area contributed by atoms with Crippen LogP contribution >= 0.6 is 15.9 Å². The first-order chi connectivity index (χ1) is 12.2. The summed E-state index contributed by atoms with van der Waals surface area (Å²) in [6, 6.07) is 14.2. The molecule has 2 aromatic carbocycles. The van der Waals surface area contributed by atoms with Gasteiger partial charge in [-0.1, -0.05) is 41.1 Å². The number of ether oxygens (including phenoxy) is 1. The van der Waals surface area contributed by atoms with Crippen LogP contribution in [0.25, 0.3) is 0 Å². The van der Waals surface area contributed by atoms with E-state index in [0.29, 0.717) is 5.75 Å². The van der Waals surface area contributed by atoms with E-state index in [1.807, 2.05) is 24.3 Å². The Morgan fingerprint density at radius 1 is 1.12 bits per heavy atom. The molecule has 0 unspecified atom stereocenters. The molecule has 0 spiro atoms. The number of carbonyl (C=O) groups excluding carboxylic acids is 1. The van der Waals surface area contributed by atoms with E-state index in [4.69, 9.17) is 4.74 Å². The van der Waals surface area contributed by atoms with Gasteiger partial charge in [0.2, 0.25) is 0 Å². The standard InChI is InChI=1S/C21H24BrNO2/c1-2-20(17-8-7-15-5-3-4-6-16(15)13-17)23-21(24)14-25-19-11-9-18(22)10-12-19/h7-13,20H,2-6,14H2,1H3,(H,23,24)/t20-/m1/s1. The zero-order valence-electron chi connectivity index (χ0n) is 14.6. The van der Waals surface area contributed by atoms with Crippen LogP contribution in [0.2, 0.25) is 0 Å². The molecule has 2 aromatic rings. The fourth-order valence-electron chi connectivity index (χ4n) is 3.31. The van der Waals surface area contributed by atoms with Crippen molar-refractivity contribution in [2.45, 2.75) is 45.1 Å². The summed E-state index contributed by atoms with van der Waals surface area (Å²) >= 11 is 3.38. The number of fused-ring (bicyclic) bond motifs is 1. The molecule has 3 rings (SSSR count). The number of carbonyl (C=O) groups is 1. The smallest absolute Gasteiger partial charge is 0.258 e. The van der Waals surface area contributed by atoms with Gasteiger partial charge in [0.15, 0.2) is 6.61 Å². The van der Waals surface area contributed by atoms with Crippen LogP contribution in [-0.2, 0) is 17.6 Å². The van der Waals surface area contributed by atoms with Gasteiger partial charge in [-0.2, -0.15) is 0 Å². The Hall–Kier alpha value is -1.81. The average Bonchev–Trinajstić information content (AvgIpc) is 2.65. The molecule has 0 aromatic heterocycles. The van der Waals surface area contributed by atoms with Gasteiger partial charge in [0.25, 0.3) is 5.91 Å². The molecule has 0 bridgehead atoms. The Balaban J connectivity index is 1.59. The van der Waals surface area contributed by atoms with E-state index >= 15 is 0 Å². The van der Waals surface area contributed by atoms with E-state index in [0.717, 1.165) is 17.3 Å². The first kappa shape index (κ1) is 18.0. The molecule has 0 radical (unpaired) electrons. The second-order valence-electron chi connectivity index (χ2n) is 6.51. The minimum absolute atomic E-state index is 0.0308. The van der Waals surface area contributed by atoms with Gasteiger partial charge in [-0.25, -0.2) is 0 Å². The maximum absolute atomic E-state index is 12.3. The van der Waals surface area contributed by atoms with E-state index < -0.39 is 0 Å². The molecule has 25 heavy (non-hydrogen) atoms. The molecular weight excluding hydrogens is 378 g/mol. The lowest BCUT2D eigenvalue weighted by atomic mass is 9.89. The van der Waals surface area contributed by atoms with Crippen LogP contribution < -0.4 is 10.1 Å². The number of benzene rings is 2. The minimum Gasteiger partial charge on any atom is -0.484 e. The van der Waals surface area contributed by atoms with Crippen molar-refractivity contribution in [1.82, 2.24) is 5.32 Å². The first-order valence-electron chi connectivity index (χ1n) is 8.95. The predicted octanol–water partition coefficient (Wildman–Crippen LogP) is 4.97. The summed E-state index contributed by atoms with van der Waals surface area (Å²) in [4.78, 5) is 12.3. The van der Waals surface area contributed by atoms with Crippen molar-refractivity contribution in [3.63, 3.8) is 0 Å². The topological polar surface area (TPSA) is 38.3 Å². The molecule has 0 aliphatic heterocycles. The molecule has 0 heterocycles. The summed E-state index contributed by atoms with van der Waals surface area (Å²) in [5.74, 6) is 0.604. The molecule has 0 fully saturated rings. The fourth-order valence-corrected chi connectivity index (χ4v) is 3.57. The van der Waals surface area contributed by atoms with Gasteiger partial charge in [0, 0.05) is 4.47 Å². The van der Waals surface area contributed by atoms with Crippen LogP contribution in [0.15, 0.2) is 46.9 Å². The van der Waals surface area contributed by atoms with Gasteiger partial charge in [-0.15, -0.1) is 0 Å². The lowest BCUT2D eigenvalue weighted by molar-refractivity contribution is -0.123. The summed E-state index contributed by atoms with van der Waals surface area (Å²) < 4.78 is 6.55. The number of amides is 1. The van der Waals surface area contributed by atoms with E-state index in [2.05, 4.69) is 46.4 Å². The summed E-state index contributed by atoms with van der Waals surface area (Å²) in [7, 11) is 0. The van der Waals surface area contributed by atoms with E-state index in [-0.39, 0.29) is 18.6 Å². The molecule has 0 saturated heterocycles. The van der Waals surface area contributed by atoms with Gasteiger partial charge in [-0.05, 0) is 73.1 Å². The third-order valence-corrected chi connectivity index (χ3v) is 5.23. The Morgan fingerprint density at radius 3 is 2.56 bits per heavy atom. The maximum Gasteiger partial charge on any atom is 0.258 e. The molecule has 1 amide bonds. The Bertz CT molecular complexity index is 727. The Kier molecular flexibility index (Phi) is 6.14. The average molecular weight is 402 g/mol. The minimum atomic E-state index is -0.0903. The van der Waals surface area contributed by atoms with E-state index in [1.165, 1.54) is 36.0 Å². The molecule has 4 heteroatoms. The lowest BCUT2D eigenvalue weighted by Gasteiger charge is -2.21. The number of aryl methyl sites for hydroxylation is 2. The molecule has 1 aliphatic carbocycles. The normalized spacial score (nSPS) is 14.5. The Morgan fingerprint density at radius 2 is 1.84 bits per heavy atom. The zero-order valence-corrected chi connectivity index (χ0v) is 16.1. The summed E-state index contributed by atoms with van der Waals surface area (Å²) in [6.07, 6.45) is 5.75. The molecule has 1 atom stereocenters. The van der Waals surface area contributed by atoms with Crippen LogP contribution in [-0.4, -0.2) is 12.5 Å². The van der Waals surface area contributed by atoms with Gasteiger partial charge < -0.3 is 10.1 Å². The van der Waals surface area contributed by atoms with Crippen molar-refractivity contribution in [2.24, 2.45) is 0 Å². The summed E-state index contributed by atoms with van der Waals surface area (Å²) in [6.45, 7) is 2.13. The molecule has 1 N–H and O–H groups in total. The summed E-state index contributed by atoms with van der Waals surface area (Å²) in [5, 5.41) is 3.10. The van der Waals surface area contributed by atoms with Crippen LogP contribution in [0.5, 0.6) is 5.75 Å². The number of rotatable bonds is 6. The van der Waals surface area contributed by atoms with Gasteiger partial charge in [0.1, 0.15) is 5.75 Å². The maximum atomic E-state index is 12.3. The number of hydrogen-bond acceptors (Lipinski definition) is 2. The highest BCUT2D eigenvalue weighted by molar-refractivity contribution is 9.10. The molecular formula is C21H24BrNO2. The number of halogens is 1. The van der Waals surface area contributed by atoms with E-state index in [1.54, 1.807) is 0 Å². The second-order valence-corrected chi connectivity index (χ2v) is 7.42. The highest BCUT2D eigenvalue weighted by atomic mass is 79.9. The predicted molar refractivity (Wildman–Crippen MR) is 104 cm³/mol. The second kappa shape index (κ2) is 8.52. The zero-order chi connectivity index (χ0) is 17.6. The monoisotopic (exact) mass is 401 g/mol. The van der Waals surface area contributed by atoms with Crippen LogP contribution in [0.1, 0.15) is 48.9 Å². The molecule has 1 aliphatic rings. The van der Waals surface area contributed by atoms with Crippen molar-refractivity contribution in [2.75, 3.05) is 6.61 Å². The third kappa shape index (κ3) is 4.85. The van der Waals surface area contributed by atoms with Crippen LogP contribution in [0.3, 0.4) is 0 Å². The van der Waals surface area contributed by atoms with Crippen molar-refractivity contribution in [3.8, 4) is 5.75 Å². The third-order valence-electron chi connectivity index (χ3n) is 4.70. The van der Waals surface area contributed by atoms with Gasteiger partial charge >= 0.3 is 0 Å². The van der Waals surface area contributed by atoms with Crippen molar-refractivity contribution < 1.29 is 9.53 Å². The van der Waals surface area contributed by atoms with Crippen molar-refractivity contribution >= 4 is 21.8 Å². The number of nitrogens with one attached hydrogen (secondary N) is 1. The fraction of sp³-hybridized carbons (Fsp3) is 0.381. The van der Waals surface area contributed by atoms with Gasteiger partial charge in [-0.3, -0.25) is 4.79 Å². The first-order valence-corrected chi connectivity index (χ1v) is 9.74. The van der Waals surface area contributed by atoms with Crippen molar-refractivity contribution in [1.29, 1.82) is 0 Å². The lowest BCUT2D eigenvalue weighted by Crippen LogP contribution is -2.32. The van der Waals surface area contributed by atoms with Gasteiger partial charge in [0.05, 0.1) is 6.04 Å². The van der Waals surface area contributed by atoms with Crippen molar-refractivity contribution in [3.05, 3.63) is 63.6 Å². The largest absolute Gasteiger partial charge is 0.484 e. The molecule has 0 saturated carbocycles. The highest BCUT2D eigenvalue weighted by Gasteiger charge is 2.16. The quantitative estimate of drug-likeness (QED) is 0.741. The SMILES string of the molecule is CC[C@@H](NC(=O)COc1ccc(Br)cc1)c1ccc2c(c1)CCCC2. The Labute approximate surface area is 157 Å².